The number of benzene rings is 1. The van der Waals surface area contributed by atoms with E-state index in [0.717, 1.165) is 36.8 Å². The Labute approximate surface area is 177 Å². The third-order valence-electron chi connectivity index (χ3n) is 6.29. The standard InChI is InChI=1S/C24H30N2O2S/c27-23(25-21-6-3-1-2-4-7-21)19-13-15-26(16-14-19)24(28)20-11-9-18(10-12-20)22-8-5-17-29-22/h5,8-12,17,19,21H,1-4,6-7,13-16H2,(H,25,27). The zero-order valence-electron chi connectivity index (χ0n) is 16.9. The summed E-state index contributed by atoms with van der Waals surface area (Å²) in [4.78, 5) is 28.6. The molecule has 4 rings (SSSR count). The van der Waals surface area contributed by atoms with Crippen LogP contribution in [-0.4, -0.2) is 35.8 Å². The highest BCUT2D eigenvalue weighted by molar-refractivity contribution is 7.13. The monoisotopic (exact) mass is 410 g/mol. The SMILES string of the molecule is O=C(NC1CCCCCC1)C1CCN(C(=O)c2ccc(-c3cccs3)cc2)CC1. The van der Waals surface area contributed by atoms with Crippen LogP contribution in [0.2, 0.25) is 0 Å². The largest absolute Gasteiger partial charge is 0.353 e. The molecule has 1 aliphatic heterocycles. The van der Waals surface area contributed by atoms with E-state index in [1.807, 2.05) is 35.2 Å². The lowest BCUT2D eigenvalue weighted by Crippen LogP contribution is -2.45. The highest BCUT2D eigenvalue weighted by atomic mass is 32.1. The zero-order chi connectivity index (χ0) is 20.1. The van der Waals surface area contributed by atoms with Crippen LogP contribution in [0, 0.1) is 5.92 Å². The van der Waals surface area contributed by atoms with E-state index < -0.39 is 0 Å². The first-order valence-electron chi connectivity index (χ1n) is 10.9. The molecule has 0 atom stereocenters. The highest BCUT2D eigenvalue weighted by Gasteiger charge is 2.29. The second-order valence-electron chi connectivity index (χ2n) is 8.32. The Morgan fingerprint density at radius 1 is 0.897 bits per heavy atom. The number of nitrogens with zero attached hydrogens (tertiary/aromatic N) is 1. The van der Waals surface area contributed by atoms with Gasteiger partial charge in [0.2, 0.25) is 5.91 Å². The van der Waals surface area contributed by atoms with Crippen LogP contribution < -0.4 is 5.32 Å². The van der Waals surface area contributed by atoms with Crippen molar-refractivity contribution in [3.05, 3.63) is 47.3 Å². The molecule has 2 aliphatic rings. The average molecular weight is 411 g/mol. The molecule has 1 saturated carbocycles. The number of rotatable bonds is 4. The maximum Gasteiger partial charge on any atom is 0.253 e. The minimum Gasteiger partial charge on any atom is -0.353 e. The van der Waals surface area contributed by atoms with E-state index in [-0.39, 0.29) is 17.7 Å². The molecule has 4 nitrogen and oxygen atoms in total. The Morgan fingerprint density at radius 3 is 2.21 bits per heavy atom. The van der Waals surface area contributed by atoms with Gasteiger partial charge in [0.25, 0.3) is 5.91 Å². The van der Waals surface area contributed by atoms with E-state index in [1.54, 1.807) is 11.3 Å². The third kappa shape index (κ3) is 5.08. The highest BCUT2D eigenvalue weighted by Crippen LogP contribution is 2.26. The fraction of sp³-hybridized carbons (Fsp3) is 0.500. The number of amides is 2. The average Bonchev–Trinajstić information content (AvgIpc) is 3.19. The van der Waals surface area contributed by atoms with Crippen molar-refractivity contribution in [3.8, 4) is 10.4 Å². The smallest absolute Gasteiger partial charge is 0.253 e. The first-order valence-corrected chi connectivity index (χ1v) is 11.8. The first-order chi connectivity index (χ1) is 14.2. The molecule has 0 spiro atoms. The van der Waals surface area contributed by atoms with E-state index in [0.29, 0.717) is 19.1 Å². The van der Waals surface area contributed by atoms with Gasteiger partial charge >= 0.3 is 0 Å². The topological polar surface area (TPSA) is 49.4 Å². The summed E-state index contributed by atoms with van der Waals surface area (Å²) in [5.74, 6) is 0.318. The molecule has 1 saturated heterocycles. The van der Waals surface area contributed by atoms with Crippen molar-refractivity contribution in [1.29, 1.82) is 0 Å². The van der Waals surface area contributed by atoms with Crippen molar-refractivity contribution in [1.82, 2.24) is 10.2 Å². The number of piperidine rings is 1. The van der Waals surface area contributed by atoms with Crippen molar-refractivity contribution in [3.63, 3.8) is 0 Å². The predicted molar refractivity (Wildman–Crippen MR) is 118 cm³/mol. The molecular weight excluding hydrogens is 380 g/mol. The van der Waals surface area contributed by atoms with Crippen molar-refractivity contribution >= 4 is 23.2 Å². The molecule has 2 amide bonds. The van der Waals surface area contributed by atoms with Gasteiger partial charge in [-0.3, -0.25) is 9.59 Å². The molecule has 0 radical (unpaired) electrons. The summed E-state index contributed by atoms with van der Waals surface area (Å²) in [5.41, 5.74) is 1.87. The summed E-state index contributed by atoms with van der Waals surface area (Å²) in [7, 11) is 0. The quantitative estimate of drug-likeness (QED) is 0.713. The number of thiophene rings is 1. The number of carbonyl (C=O) groups excluding carboxylic acids is 2. The Morgan fingerprint density at radius 2 is 1.59 bits per heavy atom. The second kappa shape index (κ2) is 9.57. The van der Waals surface area contributed by atoms with Gasteiger partial charge in [-0.05, 0) is 54.8 Å². The van der Waals surface area contributed by atoms with Crippen LogP contribution in [0.5, 0.6) is 0 Å². The van der Waals surface area contributed by atoms with E-state index >= 15 is 0 Å². The van der Waals surface area contributed by atoms with Crippen molar-refractivity contribution in [2.45, 2.75) is 57.4 Å². The van der Waals surface area contributed by atoms with Crippen LogP contribution in [0.15, 0.2) is 41.8 Å². The number of likely N-dealkylation sites (tertiary alicyclic amines) is 1. The molecule has 2 fully saturated rings. The van der Waals surface area contributed by atoms with Gasteiger partial charge in [-0.15, -0.1) is 11.3 Å². The van der Waals surface area contributed by atoms with Crippen LogP contribution in [0.25, 0.3) is 10.4 Å². The minimum atomic E-state index is 0.0449. The molecule has 0 bridgehead atoms. The summed E-state index contributed by atoms with van der Waals surface area (Å²) in [6, 6.07) is 12.4. The van der Waals surface area contributed by atoms with Crippen LogP contribution in [0.1, 0.15) is 61.7 Å². The lowest BCUT2D eigenvalue weighted by atomic mass is 9.94. The third-order valence-corrected chi connectivity index (χ3v) is 7.21. The maximum absolute atomic E-state index is 12.9. The first kappa shape index (κ1) is 20.1. The number of hydrogen-bond donors (Lipinski definition) is 1. The van der Waals surface area contributed by atoms with Crippen molar-refractivity contribution in [2.24, 2.45) is 5.92 Å². The number of hydrogen-bond acceptors (Lipinski definition) is 3. The predicted octanol–water partition coefficient (Wildman–Crippen LogP) is 5.11. The van der Waals surface area contributed by atoms with Crippen molar-refractivity contribution in [2.75, 3.05) is 13.1 Å². The van der Waals surface area contributed by atoms with Gasteiger partial charge in [-0.2, -0.15) is 0 Å². The lowest BCUT2D eigenvalue weighted by molar-refractivity contribution is -0.127. The Hall–Kier alpha value is -2.14. The van der Waals surface area contributed by atoms with E-state index in [9.17, 15) is 9.59 Å². The van der Waals surface area contributed by atoms with Gasteiger partial charge in [0.15, 0.2) is 0 Å². The van der Waals surface area contributed by atoms with Gasteiger partial charge in [0, 0.05) is 35.5 Å². The van der Waals surface area contributed by atoms with E-state index in [1.165, 1.54) is 30.6 Å². The minimum absolute atomic E-state index is 0.0449. The molecule has 29 heavy (non-hydrogen) atoms. The Kier molecular flexibility index (Phi) is 6.65. The molecule has 154 valence electrons. The Bertz CT molecular complexity index is 800. The summed E-state index contributed by atoms with van der Waals surface area (Å²) in [6.07, 6.45) is 8.79. The molecule has 1 N–H and O–H groups in total. The fourth-order valence-electron chi connectivity index (χ4n) is 4.49. The summed E-state index contributed by atoms with van der Waals surface area (Å²) >= 11 is 1.70. The van der Waals surface area contributed by atoms with Gasteiger partial charge in [0.05, 0.1) is 0 Å². The van der Waals surface area contributed by atoms with E-state index in [2.05, 4.69) is 16.8 Å². The molecule has 5 heteroatoms. The number of nitrogens with one attached hydrogen (secondary N) is 1. The summed E-state index contributed by atoms with van der Waals surface area (Å²) in [5, 5.41) is 5.34. The van der Waals surface area contributed by atoms with Gasteiger partial charge in [0.1, 0.15) is 0 Å². The van der Waals surface area contributed by atoms with Crippen LogP contribution in [0.3, 0.4) is 0 Å². The molecular formula is C24H30N2O2S. The lowest BCUT2D eigenvalue weighted by Gasteiger charge is -2.32. The molecule has 2 heterocycles. The van der Waals surface area contributed by atoms with Gasteiger partial charge < -0.3 is 10.2 Å². The molecule has 1 aromatic heterocycles. The zero-order valence-corrected chi connectivity index (χ0v) is 17.8. The normalized spacial score (nSPS) is 19.0. The van der Waals surface area contributed by atoms with Crippen molar-refractivity contribution < 1.29 is 9.59 Å². The second-order valence-corrected chi connectivity index (χ2v) is 9.27. The maximum atomic E-state index is 12.9. The molecule has 2 aromatic rings. The molecule has 1 aromatic carbocycles. The Balaban J connectivity index is 1.28. The summed E-state index contributed by atoms with van der Waals surface area (Å²) in [6.45, 7) is 1.32. The number of carbonyl (C=O) groups is 2. The van der Waals surface area contributed by atoms with Crippen LogP contribution >= 0.6 is 11.3 Å². The van der Waals surface area contributed by atoms with Gasteiger partial charge in [-0.25, -0.2) is 0 Å². The molecule has 0 unspecified atom stereocenters. The van der Waals surface area contributed by atoms with Crippen LogP contribution in [0.4, 0.5) is 0 Å². The van der Waals surface area contributed by atoms with Gasteiger partial charge in [-0.1, -0.05) is 43.9 Å². The molecule has 1 aliphatic carbocycles. The summed E-state index contributed by atoms with van der Waals surface area (Å²) < 4.78 is 0. The fourth-order valence-corrected chi connectivity index (χ4v) is 5.22. The van der Waals surface area contributed by atoms with Crippen LogP contribution in [-0.2, 0) is 4.79 Å². The van der Waals surface area contributed by atoms with E-state index in [4.69, 9.17) is 0 Å².